The van der Waals surface area contributed by atoms with Crippen LogP contribution in [0.25, 0.3) is 16.4 Å². The smallest absolute Gasteiger partial charge is 0.346 e. The summed E-state index contributed by atoms with van der Waals surface area (Å²) in [4.78, 5) is 24.1. The number of rotatable bonds is 8. The topological polar surface area (TPSA) is 89.7 Å². The fraction of sp³-hybridized carbons (Fsp3) is 0.321. The van der Waals surface area contributed by atoms with Crippen LogP contribution in [0.2, 0.25) is 5.02 Å². The average molecular weight is 569 g/mol. The second-order valence-electron chi connectivity index (χ2n) is 9.62. The van der Waals surface area contributed by atoms with Gasteiger partial charge >= 0.3 is 5.97 Å². The summed E-state index contributed by atoms with van der Waals surface area (Å²) >= 11 is 7.03. The highest BCUT2D eigenvalue weighted by Gasteiger charge is 2.24. The minimum absolute atomic E-state index is 0.0658. The van der Waals surface area contributed by atoms with Crippen molar-refractivity contribution < 1.29 is 23.8 Å². The van der Waals surface area contributed by atoms with E-state index in [1.165, 1.54) is 23.0 Å². The van der Waals surface area contributed by atoms with Crippen molar-refractivity contribution in [3.8, 4) is 5.88 Å². The van der Waals surface area contributed by atoms with Gasteiger partial charge in [0.25, 0.3) is 0 Å². The molecule has 0 amide bonds. The van der Waals surface area contributed by atoms with Gasteiger partial charge in [0, 0.05) is 36.3 Å². The first-order valence-corrected chi connectivity index (χ1v) is 14.0. The predicted molar refractivity (Wildman–Crippen MR) is 148 cm³/mol. The van der Waals surface area contributed by atoms with E-state index < -0.39 is 11.8 Å². The van der Waals surface area contributed by atoms with Crippen LogP contribution >= 0.6 is 22.9 Å². The van der Waals surface area contributed by atoms with E-state index in [-0.39, 0.29) is 12.7 Å². The zero-order chi connectivity index (χ0) is 26.9. The zero-order valence-corrected chi connectivity index (χ0v) is 22.6. The van der Waals surface area contributed by atoms with Crippen molar-refractivity contribution in [2.45, 2.75) is 38.5 Å². The maximum atomic E-state index is 14.1. The Bertz CT molecular complexity index is 1550. The quantitative estimate of drug-likeness (QED) is 0.277. The van der Waals surface area contributed by atoms with E-state index in [1.807, 2.05) is 12.1 Å². The largest absolute Gasteiger partial charge is 0.477 e. The number of pyridine rings is 1. The Balaban J connectivity index is 1.13. The molecule has 4 aromatic rings. The highest BCUT2D eigenvalue weighted by Crippen LogP contribution is 2.31. The molecule has 1 aromatic carbocycles. The van der Waals surface area contributed by atoms with Crippen molar-refractivity contribution in [2.24, 2.45) is 0 Å². The summed E-state index contributed by atoms with van der Waals surface area (Å²) < 4.78 is 27.6. The Morgan fingerprint density at radius 3 is 2.77 bits per heavy atom. The number of fused-ring (bicyclic) bond motifs is 1. The first-order valence-electron chi connectivity index (χ1n) is 12.8. The number of nitrogens with zero attached hydrogens (tertiary/aromatic N) is 4. The Morgan fingerprint density at radius 2 is 2.05 bits per heavy atom. The molecule has 0 aliphatic carbocycles. The third kappa shape index (κ3) is 5.63. The normalized spacial score (nSPS) is 17.3. The molecule has 0 radical (unpaired) electrons. The number of carboxylic acids is 1. The van der Waals surface area contributed by atoms with Crippen molar-refractivity contribution >= 4 is 51.1 Å². The number of benzene rings is 1. The second kappa shape index (κ2) is 11.0. The molecular formula is C28H26ClFN4O4S. The van der Waals surface area contributed by atoms with E-state index in [9.17, 15) is 14.3 Å². The van der Waals surface area contributed by atoms with Gasteiger partial charge in [0.05, 0.1) is 18.2 Å². The SMILES string of the molecule is O=C(O)c1cc2c(nc(C=C3CCN(c4cccc(OCc5ccc(Cl)cc5F)n4)CC3)n2C[C@@H]2CCO2)s1. The molecule has 2 aliphatic heterocycles. The molecule has 0 saturated carbocycles. The summed E-state index contributed by atoms with van der Waals surface area (Å²) in [7, 11) is 0. The lowest BCUT2D eigenvalue weighted by Gasteiger charge is -2.30. The van der Waals surface area contributed by atoms with Crippen LogP contribution in [0.1, 0.15) is 40.3 Å². The summed E-state index contributed by atoms with van der Waals surface area (Å²) in [6, 6.07) is 11.8. The molecule has 11 heteroatoms. The van der Waals surface area contributed by atoms with Crippen molar-refractivity contribution in [3.05, 3.63) is 75.1 Å². The van der Waals surface area contributed by atoms with Crippen molar-refractivity contribution in [2.75, 3.05) is 24.6 Å². The van der Waals surface area contributed by atoms with Crippen LogP contribution in [-0.2, 0) is 17.9 Å². The first kappa shape index (κ1) is 25.8. The van der Waals surface area contributed by atoms with Crippen LogP contribution in [0.5, 0.6) is 5.88 Å². The Kier molecular flexibility index (Phi) is 7.24. The number of ether oxygens (including phenoxy) is 2. The van der Waals surface area contributed by atoms with Gasteiger partial charge < -0.3 is 24.0 Å². The molecule has 6 rings (SSSR count). The van der Waals surface area contributed by atoms with E-state index >= 15 is 0 Å². The lowest BCUT2D eigenvalue weighted by atomic mass is 10.0. The predicted octanol–water partition coefficient (Wildman–Crippen LogP) is 6.04. The molecule has 5 heterocycles. The van der Waals surface area contributed by atoms with Gasteiger partial charge in [-0.05, 0) is 49.6 Å². The van der Waals surface area contributed by atoms with Gasteiger partial charge in [-0.25, -0.2) is 14.2 Å². The number of aromatic carboxylic acids is 1. The van der Waals surface area contributed by atoms with Gasteiger partial charge in [0.15, 0.2) is 0 Å². The monoisotopic (exact) mass is 568 g/mol. The standard InChI is InChI=1S/C28H26ClFN4O4S/c29-19-5-4-18(21(30)13-19)16-38-26-3-1-2-24(31-26)33-9-6-17(7-10-33)12-25-32-27-22(14-23(39-27)28(35)36)34(25)15-20-8-11-37-20/h1-5,12-14,20H,6-11,15-16H2,(H,35,36)/t20-/m0/s1. The van der Waals surface area contributed by atoms with Crippen LogP contribution in [0.4, 0.5) is 10.2 Å². The van der Waals surface area contributed by atoms with Crippen molar-refractivity contribution in [1.29, 1.82) is 0 Å². The van der Waals surface area contributed by atoms with Crippen LogP contribution < -0.4 is 9.64 Å². The molecule has 0 spiro atoms. The third-order valence-electron chi connectivity index (χ3n) is 7.03. The third-order valence-corrected chi connectivity index (χ3v) is 8.27. The van der Waals surface area contributed by atoms with Gasteiger partial charge in [-0.2, -0.15) is 4.98 Å². The number of anilines is 1. The van der Waals surface area contributed by atoms with Gasteiger partial charge in [-0.15, -0.1) is 11.3 Å². The second-order valence-corrected chi connectivity index (χ2v) is 11.1. The molecule has 202 valence electrons. The molecule has 2 fully saturated rings. The van der Waals surface area contributed by atoms with Gasteiger partial charge in [0.2, 0.25) is 5.88 Å². The molecule has 2 aliphatic rings. The summed E-state index contributed by atoms with van der Waals surface area (Å²) in [5.41, 5.74) is 2.54. The van der Waals surface area contributed by atoms with Crippen LogP contribution in [0.15, 0.2) is 48.0 Å². The minimum Gasteiger partial charge on any atom is -0.477 e. The molecule has 8 nitrogen and oxygen atoms in total. The summed E-state index contributed by atoms with van der Waals surface area (Å²) in [5.74, 6) is 0.752. The molecule has 1 N–H and O–H groups in total. The van der Waals surface area contributed by atoms with Crippen LogP contribution in [0, 0.1) is 5.82 Å². The van der Waals surface area contributed by atoms with Gasteiger partial charge in [-0.3, -0.25) is 0 Å². The van der Waals surface area contributed by atoms with Crippen LogP contribution in [0.3, 0.4) is 0 Å². The van der Waals surface area contributed by atoms with Gasteiger partial charge in [-0.1, -0.05) is 29.3 Å². The maximum absolute atomic E-state index is 14.1. The maximum Gasteiger partial charge on any atom is 0.346 e. The number of hydrogen-bond acceptors (Lipinski definition) is 7. The number of aromatic nitrogens is 3. The lowest BCUT2D eigenvalue weighted by molar-refractivity contribution is -0.0587. The first-order chi connectivity index (χ1) is 18.9. The number of hydrogen-bond donors (Lipinski definition) is 1. The molecule has 0 bridgehead atoms. The fourth-order valence-corrected chi connectivity index (χ4v) is 5.81. The number of thiophene rings is 1. The number of halogens is 2. The van der Waals surface area contributed by atoms with E-state index in [0.717, 1.165) is 60.9 Å². The number of carboxylic acid groups (broad SMARTS) is 1. The van der Waals surface area contributed by atoms with E-state index in [2.05, 4.69) is 20.5 Å². The Labute approximate surface area is 233 Å². The zero-order valence-electron chi connectivity index (χ0n) is 21.0. The fourth-order valence-electron chi connectivity index (χ4n) is 4.77. The molecule has 39 heavy (non-hydrogen) atoms. The molecule has 0 unspecified atom stereocenters. The summed E-state index contributed by atoms with van der Waals surface area (Å²) in [6.07, 6.45) is 4.96. The van der Waals surface area contributed by atoms with E-state index in [1.54, 1.807) is 24.3 Å². The summed E-state index contributed by atoms with van der Waals surface area (Å²) in [6.45, 7) is 3.07. The van der Waals surface area contributed by atoms with Crippen molar-refractivity contribution in [1.82, 2.24) is 14.5 Å². The Morgan fingerprint density at radius 1 is 1.23 bits per heavy atom. The number of carbonyl (C=O) groups is 1. The highest BCUT2D eigenvalue weighted by molar-refractivity contribution is 7.20. The van der Waals surface area contributed by atoms with Gasteiger partial charge in [0.1, 0.15) is 33.8 Å². The average Bonchev–Trinajstić information content (AvgIpc) is 3.45. The highest BCUT2D eigenvalue weighted by atomic mass is 35.5. The van der Waals surface area contributed by atoms with Crippen LogP contribution in [-0.4, -0.2) is 51.4 Å². The van der Waals surface area contributed by atoms with E-state index in [4.69, 9.17) is 26.1 Å². The molecule has 1 atom stereocenters. The summed E-state index contributed by atoms with van der Waals surface area (Å²) in [5, 5.41) is 9.75. The number of piperidine rings is 1. The van der Waals surface area contributed by atoms with E-state index in [0.29, 0.717) is 27.9 Å². The number of imidazole rings is 1. The molecule has 2 saturated heterocycles. The Hall–Kier alpha value is -3.47. The van der Waals surface area contributed by atoms with Crippen molar-refractivity contribution in [3.63, 3.8) is 0 Å². The molecular weight excluding hydrogens is 543 g/mol. The minimum atomic E-state index is -0.933. The molecule has 3 aromatic heterocycles. The lowest BCUT2D eigenvalue weighted by Crippen LogP contribution is -2.32.